The predicted octanol–water partition coefficient (Wildman–Crippen LogP) is 3.87. The molecule has 0 bridgehead atoms. The van der Waals surface area contributed by atoms with Gasteiger partial charge in [0.05, 0.1) is 19.8 Å². The molecule has 2 N–H and O–H groups in total. The summed E-state index contributed by atoms with van der Waals surface area (Å²) in [6, 6.07) is 13.6. The summed E-state index contributed by atoms with van der Waals surface area (Å²) in [5, 5.41) is 6.04. The van der Waals surface area contributed by atoms with E-state index in [1.165, 1.54) is 29.8 Å². The van der Waals surface area contributed by atoms with Gasteiger partial charge in [0.2, 0.25) is 5.96 Å². The molecule has 3 rings (SSSR count). The van der Waals surface area contributed by atoms with Crippen molar-refractivity contribution < 1.29 is 13.9 Å². The number of carbonyl (C=O) groups excluding carboxylic acids is 1. The van der Waals surface area contributed by atoms with Crippen LogP contribution in [-0.2, 0) is 4.74 Å². The highest BCUT2D eigenvalue weighted by Crippen LogP contribution is 2.20. The fourth-order valence-corrected chi connectivity index (χ4v) is 3.29. The second kappa shape index (κ2) is 11.6. The molecule has 0 spiro atoms. The Morgan fingerprint density at radius 1 is 1.13 bits per heavy atom. The number of anilines is 1. The zero-order chi connectivity index (χ0) is 22.1. The van der Waals surface area contributed by atoms with Gasteiger partial charge < -0.3 is 10.1 Å². The van der Waals surface area contributed by atoms with Gasteiger partial charge in [-0.3, -0.25) is 20.0 Å². The van der Waals surface area contributed by atoms with Crippen LogP contribution in [-0.4, -0.2) is 56.2 Å². The van der Waals surface area contributed by atoms with Crippen LogP contribution in [0.15, 0.2) is 53.5 Å². The topological polar surface area (TPSA) is 66.0 Å². The number of hydrogen-bond acceptors (Lipinski definition) is 4. The molecule has 2 aromatic rings. The van der Waals surface area contributed by atoms with Gasteiger partial charge in [0, 0.05) is 30.9 Å². The summed E-state index contributed by atoms with van der Waals surface area (Å²) in [6.07, 6.45) is 1.08. The molecule has 6 nitrogen and oxygen atoms in total. The molecule has 0 aromatic heterocycles. The van der Waals surface area contributed by atoms with Crippen molar-refractivity contribution in [2.24, 2.45) is 4.99 Å². The van der Waals surface area contributed by atoms with Crippen molar-refractivity contribution in [3.63, 3.8) is 0 Å². The number of amides is 1. The normalized spacial score (nSPS) is 16.0. The first-order valence-electron chi connectivity index (χ1n) is 10.8. The SMILES string of the molecule is CC[C@@H](C)c1ccc(NC(=NCCN2CCOCC2)NC(=O)c2ccc(F)cc2)cc1. The van der Waals surface area contributed by atoms with Gasteiger partial charge in [-0.2, -0.15) is 0 Å². The summed E-state index contributed by atoms with van der Waals surface area (Å²) < 4.78 is 18.6. The van der Waals surface area contributed by atoms with E-state index in [1.54, 1.807) is 0 Å². The van der Waals surface area contributed by atoms with Gasteiger partial charge in [-0.15, -0.1) is 0 Å². The minimum Gasteiger partial charge on any atom is -0.379 e. The molecule has 1 amide bonds. The lowest BCUT2D eigenvalue weighted by Gasteiger charge is -2.25. The Kier molecular flexibility index (Phi) is 8.55. The van der Waals surface area contributed by atoms with Gasteiger partial charge in [-0.25, -0.2) is 4.39 Å². The number of morpholine rings is 1. The molecular weight excluding hydrogens is 395 g/mol. The van der Waals surface area contributed by atoms with E-state index in [1.807, 2.05) is 12.1 Å². The Bertz CT molecular complexity index is 862. The number of aliphatic imine (C=N–C) groups is 1. The summed E-state index contributed by atoms with van der Waals surface area (Å²) >= 11 is 0. The number of nitrogens with zero attached hydrogens (tertiary/aromatic N) is 2. The molecule has 31 heavy (non-hydrogen) atoms. The maximum absolute atomic E-state index is 13.2. The zero-order valence-electron chi connectivity index (χ0n) is 18.2. The number of nitrogens with one attached hydrogen (secondary N) is 2. The Labute approximate surface area is 183 Å². The average molecular weight is 427 g/mol. The Balaban J connectivity index is 1.68. The molecule has 1 atom stereocenters. The second-order valence-corrected chi connectivity index (χ2v) is 7.70. The highest BCUT2D eigenvalue weighted by atomic mass is 19.1. The molecule has 2 aromatic carbocycles. The maximum Gasteiger partial charge on any atom is 0.257 e. The summed E-state index contributed by atoms with van der Waals surface area (Å²) in [5.74, 6) is 0.150. The molecule has 0 saturated carbocycles. The number of guanidine groups is 1. The van der Waals surface area contributed by atoms with Crippen LogP contribution in [0.25, 0.3) is 0 Å². The van der Waals surface area contributed by atoms with Crippen LogP contribution in [0.2, 0.25) is 0 Å². The van der Waals surface area contributed by atoms with Crippen LogP contribution in [0.5, 0.6) is 0 Å². The van der Waals surface area contributed by atoms with E-state index in [0.717, 1.165) is 45.0 Å². The lowest BCUT2D eigenvalue weighted by molar-refractivity contribution is 0.0394. The van der Waals surface area contributed by atoms with Gasteiger partial charge in [0.25, 0.3) is 5.91 Å². The van der Waals surface area contributed by atoms with Gasteiger partial charge in [0.15, 0.2) is 0 Å². The number of rotatable bonds is 7. The van der Waals surface area contributed by atoms with E-state index in [9.17, 15) is 9.18 Å². The van der Waals surface area contributed by atoms with Crippen molar-refractivity contribution in [2.45, 2.75) is 26.2 Å². The molecule has 1 aliphatic heterocycles. The molecule has 1 saturated heterocycles. The van der Waals surface area contributed by atoms with Gasteiger partial charge in [-0.1, -0.05) is 26.0 Å². The van der Waals surface area contributed by atoms with Gasteiger partial charge in [0.1, 0.15) is 5.82 Å². The smallest absolute Gasteiger partial charge is 0.257 e. The third-order valence-electron chi connectivity index (χ3n) is 5.48. The minimum atomic E-state index is -0.379. The monoisotopic (exact) mass is 426 g/mol. The Morgan fingerprint density at radius 3 is 2.45 bits per heavy atom. The third kappa shape index (κ3) is 7.15. The lowest BCUT2D eigenvalue weighted by Crippen LogP contribution is -2.39. The average Bonchev–Trinajstić information content (AvgIpc) is 2.80. The molecule has 0 aliphatic carbocycles. The van der Waals surface area contributed by atoms with Crippen molar-refractivity contribution in [3.8, 4) is 0 Å². The summed E-state index contributed by atoms with van der Waals surface area (Å²) in [5.41, 5.74) is 2.49. The molecule has 1 fully saturated rings. The molecular formula is C24H31FN4O2. The van der Waals surface area contributed by atoms with Gasteiger partial charge in [-0.05, 0) is 54.3 Å². The van der Waals surface area contributed by atoms with Crippen molar-refractivity contribution in [1.29, 1.82) is 0 Å². The number of carbonyl (C=O) groups is 1. The van der Waals surface area contributed by atoms with Crippen LogP contribution in [0, 0.1) is 5.82 Å². The molecule has 1 heterocycles. The first-order valence-corrected chi connectivity index (χ1v) is 10.8. The van der Waals surface area contributed by atoms with Gasteiger partial charge >= 0.3 is 0 Å². The highest BCUT2D eigenvalue weighted by Gasteiger charge is 2.12. The fourth-order valence-electron chi connectivity index (χ4n) is 3.29. The van der Waals surface area contributed by atoms with Crippen molar-refractivity contribution >= 4 is 17.6 Å². The van der Waals surface area contributed by atoms with E-state index in [2.05, 4.69) is 46.5 Å². The molecule has 166 valence electrons. The number of halogens is 1. The van der Waals surface area contributed by atoms with Crippen LogP contribution >= 0.6 is 0 Å². The summed E-state index contributed by atoms with van der Waals surface area (Å²) in [6.45, 7) is 8.93. The first kappa shape index (κ1) is 22.9. The number of ether oxygens (including phenoxy) is 1. The third-order valence-corrected chi connectivity index (χ3v) is 5.48. The Hall–Kier alpha value is -2.77. The Morgan fingerprint density at radius 2 is 1.81 bits per heavy atom. The lowest BCUT2D eigenvalue weighted by atomic mass is 9.99. The van der Waals surface area contributed by atoms with E-state index in [-0.39, 0.29) is 11.7 Å². The molecule has 0 unspecified atom stereocenters. The van der Waals surface area contributed by atoms with E-state index >= 15 is 0 Å². The maximum atomic E-state index is 13.2. The molecule has 0 radical (unpaired) electrons. The minimum absolute atomic E-state index is 0.339. The fraction of sp³-hybridized carbons (Fsp3) is 0.417. The largest absolute Gasteiger partial charge is 0.379 e. The quantitative estimate of drug-likeness (QED) is 0.521. The van der Waals surface area contributed by atoms with E-state index < -0.39 is 0 Å². The van der Waals surface area contributed by atoms with Crippen LogP contribution in [0.3, 0.4) is 0 Å². The van der Waals surface area contributed by atoms with Crippen LogP contribution in [0.4, 0.5) is 10.1 Å². The van der Waals surface area contributed by atoms with E-state index in [0.29, 0.717) is 24.0 Å². The second-order valence-electron chi connectivity index (χ2n) is 7.70. The standard InChI is InChI=1S/C24H31FN4O2/c1-3-18(2)19-6-10-22(11-7-19)27-24(26-12-13-29-14-16-31-17-15-29)28-23(30)20-4-8-21(25)9-5-20/h4-11,18H,3,12-17H2,1-2H3,(H2,26,27,28,30)/t18-/m1/s1. The number of benzene rings is 2. The number of hydrogen-bond donors (Lipinski definition) is 2. The first-order chi connectivity index (χ1) is 15.0. The molecule has 1 aliphatic rings. The van der Waals surface area contributed by atoms with E-state index in [4.69, 9.17) is 4.74 Å². The molecule has 7 heteroatoms. The van der Waals surface area contributed by atoms with Crippen LogP contribution in [0.1, 0.15) is 42.1 Å². The predicted molar refractivity (Wildman–Crippen MR) is 122 cm³/mol. The van der Waals surface area contributed by atoms with Crippen molar-refractivity contribution in [1.82, 2.24) is 10.2 Å². The van der Waals surface area contributed by atoms with Crippen LogP contribution < -0.4 is 10.6 Å². The zero-order valence-corrected chi connectivity index (χ0v) is 18.2. The summed E-state index contributed by atoms with van der Waals surface area (Å²) in [7, 11) is 0. The summed E-state index contributed by atoms with van der Waals surface area (Å²) in [4.78, 5) is 19.5. The highest BCUT2D eigenvalue weighted by molar-refractivity contribution is 6.09. The van der Waals surface area contributed by atoms with Crippen molar-refractivity contribution in [2.75, 3.05) is 44.7 Å². The van der Waals surface area contributed by atoms with Crippen molar-refractivity contribution in [3.05, 3.63) is 65.5 Å².